The molecule has 0 aliphatic carbocycles. The van der Waals surface area contributed by atoms with Crippen LogP contribution in [0.2, 0.25) is 0 Å². The molecule has 1 N–H and O–H groups in total. The average molecular weight is 275 g/mol. The summed E-state index contributed by atoms with van der Waals surface area (Å²) >= 11 is 3.57. The summed E-state index contributed by atoms with van der Waals surface area (Å²) in [6, 6.07) is 10.8. The van der Waals surface area contributed by atoms with Gasteiger partial charge in [0.15, 0.2) is 0 Å². The first-order valence-electron chi connectivity index (χ1n) is 5.75. The van der Waals surface area contributed by atoms with Crippen molar-refractivity contribution in [2.75, 3.05) is 0 Å². The molecule has 0 saturated heterocycles. The van der Waals surface area contributed by atoms with Crippen LogP contribution in [-0.4, -0.2) is 0 Å². The first-order chi connectivity index (χ1) is 8.93. The third kappa shape index (κ3) is 2.56. The van der Waals surface area contributed by atoms with E-state index in [0.717, 1.165) is 6.54 Å². The van der Waals surface area contributed by atoms with Gasteiger partial charge in [0.25, 0.3) is 0 Å². The molecule has 3 aromatic rings. The lowest BCUT2D eigenvalue weighted by molar-refractivity contribution is 0.556. The molecule has 0 spiro atoms. The number of hydrogen-bond acceptors (Lipinski definition) is 4. The number of nitrogens with one attached hydrogen (secondary N) is 1. The van der Waals surface area contributed by atoms with Crippen molar-refractivity contribution in [2.24, 2.45) is 0 Å². The SMILES string of the molecule is c1csc(C(NCc2ccoc2)c2cccs2)c1. The smallest absolute Gasteiger partial charge is 0.0947 e. The van der Waals surface area contributed by atoms with E-state index in [-0.39, 0.29) is 6.04 Å². The van der Waals surface area contributed by atoms with Crippen molar-refractivity contribution in [3.05, 3.63) is 68.9 Å². The first-order valence-corrected chi connectivity index (χ1v) is 7.50. The second-order valence-corrected chi connectivity index (χ2v) is 5.93. The predicted octanol–water partition coefficient (Wildman–Crippen LogP) is 4.28. The van der Waals surface area contributed by atoms with Gasteiger partial charge in [-0.25, -0.2) is 0 Å². The second-order valence-electron chi connectivity index (χ2n) is 3.98. The second kappa shape index (κ2) is 5.52. The summed E-state index contributed by atoms with van der Waals surface area (Å²) in [5.41, 5.74) is 1.17. The van der Waals surface area contributed by atoms with Gasteiger partial charge in [-0.1, -0.05) is 12.1 Å². The molecule has 0 amide bonds. The van der Waals surface area contributed by atoms with E-state index in [0.29, 0.717) is 0 Å². The molecule has 0 atom stereocenters. The van der Waals surface area contributed by atoms with Gasteiger partial charge < -0.3 is 9.73 Å². The van der Waals surface area contributed by atoms with Crippen LogP contribution < -0.4 is 5.32 Å². The van der Waals surface area contributed by atoms with Crippen LogP contribution in [-0.2, 0) is 6.54 Å². The summed E-state index contributed by atoms with van der Waals surface area (Å²) in [6.07, 6.45) is 3.50. The lowest BCUT2D eigenvalue weighted by Crippen LogP contribution is -2.20. The van der Waals surface area contributed by atoms with Gasteiger partial charge in [-0.05, 0) is 29.0 Å². The molecule has 4 heteroatoms. The van der Waals surface area contributed by atoms with E-state index in [1.54, 1.807) is 35.2 Å². The van der Waals surface area contributed by atoms with E-state index in [1.807, 2.05) is 6.07 Å². The van der Waals surface area contributed by atoms with Gasteiger partial charge in [-0.15, -0.1) is 22.7 Å². The standard InChI is InChI=1S/C14H13NOS2/c1-3-12(17-7-1)14(13-4-2-8-18-13)15-9-11-5-6-16-10-11/h1-8,10,14-15H,9H2. The summed E-state index contributed by atoms with van der Waals surface area (Å²) < 4.78 is 5.09. The summed E-state index contributed by atoms with van der Waals surface area (Å²) in [6.45, 7) is 0.816. The van der Waals surface area contributed by atoms with Crippen molar-refractivity contribution in [3.8, 4) is 0 Å². The lowest BCUT2D eigenvalue weighted by Gasteiger charge is -2.15. The Labute approximate surface area is 114 Å². The van der Waals surface area contributed by atoms with Crippen LogP contribution in [0, 0.1) is 0 Å². The zero-order chi connectivity index (χ0) is 12.2. The fourth-order valence-electron chi connectivity index (χ4n) is 1.87. The fourth-order valence-corrected chi connectivity index (χ4v) is 3.58. The first kappa shape index (κ1) is 11.7. The van der Waals surface area contributed by atoms with Crippen LogP contribution in [0.1, 0.15) is 21.4 Å². The van der Waals surface area contributed by atoms with E-state index in [4.69, 9.17) is 4.42 Å². The zero-order valence-electron chi connectivity index (χ0n) is 9.71. The van der Waals surface area contributed by atoms with E-state index >= 15 is 0 Å². The Morgan fingerprint density at radius 1 is 1.06 bits per heavy atom. The Morgan fingerprint density at radius 2 is 1.78 bits per heavy atom. The molecule has 2 nitrogen and oxygen atoms in total. The Balaban J connectivity index is 1.78. The molecule has 0 aromatic carbocycles. The molecule has 3 rings (SSSR count). The molecule has 0 unspecified atom stereocenters. The minimum absolute atomic E-state index is 0.278. The van der Waals surface area contributed by atoms with Crippen molar-refractivity contribution in [2.45, 2.75) is 12.6 Å². The van der Waals surface area contributed by atoms with Crippen LogP contribution in [0.4, 0.5) is 0 Å². The average Bonchev–Trinajstić information content (AvgIpc) is 3.14. The molecule has 0 bridgehead atoms. The molecular formula is C14H13NOS2. The van der Waals surface area contributed by atoms with Crippen molar-refractivity contribution in [1.29, 1.82) is 0 Å². The lowest BCUT2D eigenvalue weighted by atomic mass is 10.2. The van der Waals surface area contributed by atoms with Gasteiger partial charge in [-0.3, -0.25) is 0 Å². The number of thiophene rings is 2. The van der Waals surface area contributed by atoms with E-state index in [9.17, 15) is 0 Å². The third-order valence-electron chi connectivity index (χ3n) is 2.75. The number of rotatable bonds is 5. The van der Waals surface area contributed by atoms with Crippen molar-refractivity contribution in [3.63, 3.8) is 0 Å². The minimum atomic E-state index is 0.278. The predicted molar refractivity (Wildman–Crippen MR) is 76.0 cm³/mol. The van der Waals surface area contributed by atoms with Gasteiger partial charge >= 0.3 is 0 Å². The van der Waals surface area contributed by atoms with Gasteiger partial charge in [0.05, 0.1) is 18.6 Å². The van der Waals surface area contributed by atoms with Gasteiger partial charge in [0.2, 0.25) is 0 Å². The highest BCUT2D eigenvalue weighted by Gasteiger charge is 2.15. The molecule has 0 fully saturated rings. The normalized spacial score (nSPS) is 11.2. The van der Waals surface area contributed by atoms with Crippen LogP contribution >= 0.6 is 22.7 Å². The Bertz CT molecular complexity index is 521. The van der Waals surface area contributed by atoms with Gasteiger partial charge in [0, 0.05) is 21.9 Å². The largest absolute Gasteiger partial charge is 0.472 e. The van der Waals surface area contributed by atoms with Crippen LogP contribution in [0.5, 0.6) is 0 Å². The van der Waals surface area contributed by atoms with Crippen molar-refractivity contribution in [1.82, 2.24) is 5.32 Å². The number of hydrogen-bond donors (Lipinski definition) is 1. The maximum Gasteiger partial charge on any atom is 0.0947 e. The van der Waals surface area contributed by atoms with E-state index in [1.165, 1.54) is 15.3 Å². The van der Waals surface area contributed by atoms with E-state index < -0.39 is 0 Å². The van der Waals surface area contributed by atoms with Crippen molar-refractivity contribution < 1.29 is 4.42 Å². The van der Waals surface area contributed by atoms with Crippen LogP contribution in [0.3, 0.4) is 0 Å². The third-order valence-corrected chi connectivity index (χ3v) is 4.62. The highest BCUT2D eigenvalue weighted by Crippen LogP contribution is 2.29. The monoisotopic (exact) mass is 275 g/mol. The Hall–Kier alpha value is -1.36. The molecule has 0 aliphatic heterocycles. The molecule has 18 heavy (non-hydrogen) atoms. The maximum absolute atomic E-state index is 5.09. The molecule has 0 aliphatic rings. The topological polar surface area (TPSA) is 25.2 Å². The molecule has 0 radical (unpaired) electrons. The minimum Gasteiger partial charge on any atom is -0.472 e. The van der Waals surface area contributed by atoms with Crippen molar-refractivity contribution >= 4 is 22.7 Å². The van der Waals surface area contributed by atoms with Crippen LogP contribution in [0.25, 0.3) is 0 Å². The molecule has 3 aromatic heterocycles. The molecular weight excluding hydrogens is 262 g/mol. The molecule has 92 valence electrons. The summed E-state index contributed by atoms with van der Waals surface area (Å²) in [5.74, 6) is 0. The summed E-state index contributed by atoms with van der Waals surface area (Å²) in [7, 11) is 0. The fraction of sp³-hybridized carbons (Fsp3) is 0.143. The summed E-state index contributed by atoms with van der Waals surface area (Å²) in [5, 5.41) is 7.83. The van der Waals surface area contributed by atoms with E-state index in [2.05, 4.69) is 40.3 Å². The zero-order valence-corrected chi connectivity index (χ0v) is 11.3. The Kier molecular flexibility index (Phi) is 3.59. The van der Waals surface area contributed by atoms with Gasteiger partial charge in [-0.2, -0.15) is 0 Å². The Morgan fingerprint density at radius 3 is 2.28 bits per heavy atom. The molecule has 0 saturated carbocycles. The van der Waals surface area contributed by atoms with Gasteiger partial charge in [0.1, 0.15) is 0 Å². The van der Waals surface area contributed by atoms with Crippen LogP contribution in [0.15, 0.2) is 58.0 Å². The summed E-state index contributed by atoms with van der Waals surface area (Å²) in [4.78, 5) is 2.70. The maximum atomic E-state index is 5.09. The molecule has 3 heterocycles. The number of furan rings is 1. The quantitative estimate of drug-likeness (QED) is 0.751. The highest BCUT2D eigenvalue weighted by molar-refractivity contribution is 7.11. The highest BCUT2D eigenvalue weighted by atomic mass is 32.1.